The first-order valence-corrected chi connectivity index (χ1v) is 6.28. The minimum atomic E-state index is 0.467. The van der Waals surface area contributed by atoms with Crippen LogP contribution in [0, 0.1) is 0 Å². The second-order valence-electron chi connectivity index (χ2n) is 4.67. The lowest BCUT2D eigenvalue weighted by Gasteiger charge is -2.30. The minimum Gasteiger partial charge on any atom is -0.383 e. The molecule has 1 saturated heterocycles. The van der Waals surface area contributed by atoms with Crippen molar-refractivity contribution in [2.75, 3.05) is 46.6 Å². The van der Waals surface area contributed by atoms with Gasteiger partial charge in [-0.25, -0.2) is 0 Å². The van der Waals surface area contributed by atoms with Crippen LogP contribution in [0.2, 0.25) is 0 Å². The van der Waals surface area contributed by atoms with Gasteiger partial charge in [-0.1, -0.05) is 13.8 Å². The van der Waals surface area contributed by atoms with E-state index in [-0.39, 0.29) is 0 Å². The molecule has 16 heavy (non-hydrogen) atoms. The third-order valence-electron chi connectivity index (χ3n) is 2.89. The van der Waals surface area contributed by atoms with Gasteiger partial charge in [0, 0.05) is 45.4 Å². The summed E-state index contributed by atoms with van der Waals surface area (Å²) in [7, 11) is 1.77. The highest BCUT2D eigenvalue weighted by Crippen LogP contribution is 2.05. The van der Waals surface area contributed by atoms with E-state index in [1.54, 1.807) is 7.11 Å². The van der Waals surface area contributed by atoms with Gasteiger partial charge in [-0.3, -0.25) is 4.90 Å². The van der Waals surface area contributed by atoms with Crippen molar-refractivity contribution in [2.45, 2.75) is 32.4 Å². The third kappa shape index (κ3) is 5.25. The molecule has 4 heteroatoms. The molecule has 0 aromatic carbocycles. The first-order chi connectivity index (χ1) is 7.74. The van der Waals surface area contributed by atoms with Crippen molar-refractivity contribution in [1.82, 2.24) is 10.2 Å². The molecule has 1 rings (SSSR count). The number of ether oxygens (including phenoxy) is 2. The Balaban J connectivity index is 2.39. The highest BCUT2D eigenvalue weighted by atomic mass is 16.5. The number of hydrogen-bond donors (Lipinski definition) is 1. The van der Waals surface area contributed by atoms with E-state index in [1.165, 1.54) is 0 Å². The molecule has 1 fully saturated rings. The lowest BCUT2D eigenvalue weighted by Crippen LogP contribution is -2.47. The summed E-state index contributed by atoms with van der Waals surface area (Å²) in [4.78, 5) is 2.48. The maximum Gasteiger partial charge on any atom is 0.0630 e. The maximum atomic E-state index is 5.48. The van der Waals surface area contributed by atoms with Crippen LogP contribution >= 0.6 is 0 Å². The van der Waals surface area contributed by atoms with Gasteiger partial charge in [0.05, 0.1) is 13.2 Å². The van der Waals surface area contributed by atoms with Crippen LogP contribution < -0.4 is 5.32 Å². The average Bonchev–Trinajstić information content (AvgIpc) is 2.52. The van der Waals surface area contributed by atoms with Gasteiger partial charge in [0.25, 0.3) is 0 Å². The first kappa shape index (κ1) is 13.9. The summed E-state index contributed by atoms with van der Waals surface area (Å²) in [5, 5.41) is 3.49. The molecule has 0 saturated carbocycles. The van der Waals surface area contributed by atoms with Crippen LogP contribution in [0.4, 0.5) is 0 Å². The molecule has 4 nitrogen and oxygen atoms in total. The van der Waals surface area contributed by atoms with E-state index in [2.05, 4.69) is 24.1 Å². The lowest BCUT2D eigenvalue weighted by atomic mass is 10.2. The van der Waals surface area contributed by atoms with E-state index >= 15 is 0 Å². The van der Waals surface area contributed by atoms with Gasteiger partial charge in [-0.15, -0.1) is 0 Å². The van der Waals surface area contributed by atoms with Crippen molar-refractivity contribution in [3.8, 4) is 0 Å². The topological polar surface area (TPSA) is 33.7 Å². The van der Waals surface area contributed by atoms with Crippen molar-refractivity contribution >= 4 is 0 Å². The van der Waals surface area contributed by atoms with Crippen LogP contribution in [0.3, 0.4) is 0 Å². The lowest BCUT2D eigenvalue weighted by molar-refractivity contribution is 0.0815. The van der Waals surface area contributed by atoms with E-state index in [0.717, 1.165) is 45.9 Å². The quantitative estimate of drug-likeness (QED) is 0.729. The first-order valence-electron chi connectivity index (χ1n) is 6.28. The molecule has 1 unspecified atom stereocenters. The van der Waals surface area contributed by atoms with Crippen LogP contribution in [0.5, 0.6) is 0 Å². The molecule has 1 aliphatic rings. The molecule has 1 heterocycles. The number of nitrogens with zero attached hydrogens (tertiary/aromatic N) is 1. The van der Waals surface area contributed by atoms with Gasteiger partial charge in [0.1, 0.15) is 0 Å². The summed E-state index contributed by atoms with van der Waals surface area (Å²) in [5.74, 6) is 0. The predicted molar refractivity (Wildman–Crippen MR) is 65.8 cm³/mol. The van der Waals surface area contributed by atoms with Crippen LogP contribution in [-0.4, -0.2) is 63.5 Å². The summed E-state index contributed by atoms with van der Waals surface area (Å²) >= 11 is 0. The highest BCUT2D eigenvalue weighted by molar-refractivity contribution is 4.76. The molecule has 0 bridgehead atoms. The average molecular weight is 230 g/mol. The summed E-state index contributed by atoms with van der Waals surface area (Å²) < 4.78 is 10.8. The molecule has 96 valence electrons. The van der Waals surface area contributed by atoms with Gasteiger partial charge in [-0.2, -0.15) is 0 Å². The molecule has 0 aliphatic carbocycles. The normalized spacial score (nSPS) is 21.0. The second kappa shape index (κ2) is 8.01. The zero-order chi connectivity index (χ0) is 11.8. The number of rotatable bonds is 6. The molecule has 0 aromatic heterocycles. The van der Waals surface area contributed by atoms with Gasteiger partial charge >= 0.3 is 0 Å². The molecular formula is C12H26N2O2. The van der Waals surface area contributed by atoms with Crippen LogP contribution in [-0.2, 0) is 9.47 Å². The summed E-state index contributed by atoms with van der Waals surface area (Å²) in [6.07, 6.45) is 1.13. The van der Waals surface area contributed by atoms with Crippen molar-refractivity contribution in [2.24, 2.45) is 0 Å². The van der Waals surface area contributed by atoms with E-state index in [4.69, 9.17) is 9.47 Å². The molecule has 0 spiro atoms. The Hall–Kier alpha value is -0.160. The smallest absolute Gasteiger partial charge is 0.0630 e. The van der Waals surface area contributed by atoms with Crippen LogP contribution in [0.1, 0.15) is 20.3 Å². The number of nitrogens with one attached hydrogen (secondary N) is 1. The Morgan fingerprint density at radius 2 is 2.12 bits per heavy atom. The molecular weight excluding hydrogens is 204 g/mol. The molecule has 1 N–H and O–H groups in total. The highest BCUT2D eigenvalue weighted by Gasteiger charge is 2.19. The Morgan fingerprint density at radius 1 is 1.31 bits per heavy atom. The number of methoxy groups -OCH3 is 1. The Labute approximate surface area is 99.3 Å². The molecule has 1 aliphatic heterocycles. The largest absolute Gasteiger partial charge is 0.383 e. The minimum absolute atomic E-state index is 0.467. The van der Waals surface area contributed by atoms with Gasteiger partial charge < -0.3 is 14.8 Å². The van der Waals surface area contributed by atoms with Crippen molar-refractivity contribution < 1.29 is 9.47 Å². The Morgan fingerprint density at radius 3 is 2.81 bits per heavy atom. The van der Waals surface area contributed by atoms with Crippen LogP contribution in [0.25, 0.3) is 0 Å². The number of hydrogen-bond acceptors (Lipinski definition) is 4. The maximum absolute atomic E-state index is 5.48. The van der Waals surface area contributed by atoms with Crippen molar-refractivity contribution in [3.05, 3.63) is 0 Å². The second-order valence-corrected chi connectivity index (χ2v) is 4.67. The summed E-state index contributed by atoms with van der Waals surface area (Å²) in [6.45, 7) is 10.0. The standard InChI is InChI=1S/C12H26N2O2/c1-11(2)13-9-12(10-15-3)14-5-4-7-16-8-6-14/h11-13H,4-10H2,1-3H3. The van der Waals surface area contributed by atoms with Gasteiger partial charge in [0.2, 0.25) is 0 Å². The molecule has 0 radical (unpaired) electrons. The Bertz CT molecular complexity index is 168. The SMILES string of the molecule is COCC(CNC(C)C)N1CCCOCC1. The van der Waals surface area contributed by atoms with E-state index in [0.29, 0.717) is 12.1 Å². The fourth-order valence-electron chi connectivity index (χ4n) is 1.99. The molecule has 0 amide bonds. The van der Waals surface area contributed by atoms with Crippen LogP contribution in [0.15, 0.2) is 0 Å². The van der Waals surface area contributed by atoms with Crippen molar-refractivity contribution in [1.29, 1.82) is 0 Å². The van der Waals surface area contributed by atoms with E-state index in [9.17, 15) is 0 Å². The van der Waals surface area contributed by atoms with Gasteiger partial charge in [-0.05, 0) is 6.42 Å². The summed E-state index contributed by atoms with van der Waals surface area (Å²) in [6, 6.07) is 0.997. The van der Waals surface area contributed by atoms with Gasteiger partial charge in [0.15, 0.2) is 0 Å². The fraction of sp³-hybridized carbons (Fsp3) is 1.00. The zero-order valence-electron chi connectivity index (χ0n) is 10.9. The molecule has 1 atom stereocenters. The zero-order valence-corrected chi connectivity index (χ0v) is 10.9. The fourth-order valence-corrected chi connectivity index (χ4v) is 1.99. The monoisotopic (exact) mass is 230 g/mol. The van der Waals surface area contributed by atoms with Crippen molar-refractivity contribution in [3.63, 3.8) is 0 Å². The Kier molecular flexibility index (Phi) is 6.96. The third-order valence-corrected chi connectivity index (χ3v) is 2.89. The summed E-state index contributed by atoms with van der Waals surface area (Å²) in [5.41, 5.74) is 0. The predicted octanol–water partition coefficient (Wildman–Crippen LogP) is 0.722. The van der Waals surface area contributed by atoms with E-state index < -0.39 is 0 Å². The van der Waals surface area contributed by atoms with E-state index in [1.807, 2.05) is 0 Å². The molecule has 0 aromatic rings.